The Labute approximate surface area is 172 Å². The lowest BCUT2D eigenvalue weighted by Gasteiger charge is -2.34. The van der Waals surface area contributed by atoms with Gasteiger partial charge in [0.05, 0.1) is 12.2 Å². The molecule has 2 unspecified atom stereocenters. The molecule has 2 aliphatic heterocycles. The largest absolute Gasteiger partial charge is 0.491 e. The summed E-state index contributed by atoms with van der Waals surface area (Å²) < 4.78 is 11.4. The van der Waals surface area contributed by atoms with Gasteiger partial charge in [0.15, 0.2) is 0 Å². The highest BCUT2D eigenvalue weighted by molar-refractivity contribution is 5.94. The van der Waals surface area contributed by atoms with E-state index in [0.717, 1.165) is 37.9 Å². The summed E-state index contributed by atoms with van der Waals surface area (Å²) in [7, 11) is 0. The van der Waals surface area contributed by atoms with Crippen LogP contribution in [0.2, 0.25) is 0 Å². The van der Waals surface area contributed by atoms with Crippen molar-refractivity contribution in [1.82, 2.24) is 4.90 Å². The van der Waals surface area contributed by atoms with E-state index in [4.69, 9.17) is 9.47 Å². The van der Waals surface area contributed by atoms with Gasteiger partial charge in [0.1, 0.15) is 12.4 Å². The van der Waals surface area contributed by atoms with Gasteiger partial charge in [0.25, 0.3) is 5.91 Å². The molecule has 4 rings (SSSR count). The Balaban J connectivity index is 1.31. The summed E-state index contributed by atoms with van der Waals surface area (Å²) in [6, 6.07) is 17.2. The van der Waals surface area contributed by atoms with E-state index < -0.39 is 6.10 Å². The maximum Gasteiger partial charge on any atom is 0.253 e. The molecule has 5 heteroatoms. The minimum absolute atomic E-state index is 0.0280. The van der Waals surface area contributed by atoms with Crippen molar-refractivity contribution in [1.29, 1.82) is 0 Å². The molecule has 1 N–H and O–H groups in total. The van der Waals surface area contributed by atoms with Gasteiger partial charge in [-0.1, -0.05) is 36.4 Å². The molecule has 2 fully saturated rings. The zero-order chi connectivity index (χ0) is 20.1. The molecule has 0 saturated carbocycles. The van der Waals surface area contributed by atoms with Crippen LogP contribution >= 0.6 is 0 Å². The van der Waals surface area contributed by atoms with Crippen LogP contribution in [0.1, 0.15) is 47.7 Å². The molecule has 0 aromatic heterocycles. The van der Waals surface area contributed by atoms with E-state index >= 15 is 0 Å². The predicted molar refractivity (Wildman–Crippen MR) is 111 cm³/mol. The van der Waals surface area contributed by atoms with Crippen molar-refractivity contribution < 1.29 is 19.4 Å². The number of ether oxygens (including phenoxy) is 2. The molecule has 2 aliphatic rings. The minimum Gasteiger partial charge on any atom is -0.491 e. The van der Waals surface area contributed by atoms with Gasteiger partial charge in [0.2, 0.25) is 0 Å². The molecule has 0 aliphatic carbocycles. The maximum absolute atomic E-state index is 12.9. The fourth-order valence-corrected chi connectivity index (χ4v) is 4.21. The summed E-state index contributed by atoms with van der Waals surface area (Å²) in [6.07, 6.45) is 3.41. The van der Waals surface area contributed by atoms with Crippen LogP contribution in [0.3, 0.4) is 0 Å². The summed E-state index contributed by atoms with van der Waals surface area (Å²) in [4.78, 5) is 14.8. The van der Waals surface area contributed by atoms with Crippen molar-refractivity contribution in [2.24, 2.45) is 5.92 Å². The topological polar surface area (TPSA) is 59.0 Å². The van der Waals surface area contributed by atoms with Crippen LogP contribution < -0.4 is 4.74 Å². The zero-order valence-electron chi connectivity index (χ0n) is 16.7. The number of aliphatic hydroxyl groups is 1. The third kappa shape index (κ3) is 4.98. The second-order valence-corrected chi connectivity index (χ2v) is 7.96. The normalized spacial score (nSPS) is 21.1. The van der Waals surface area contributed by atoms with Gasteiger partial charge in [0, 0.05) is 25.3 Å². The Morgan fingerprint density at radius 2 is 1.90 bits per heavy atom. The van der Waals surface area contributed by atoms with Crippen molar-refractivity contribution in [2.45, 2.75) is 37.9 Å². The molecule has 2 aromatic carbocycles. The highest BCUT2D eigenvalue weighted by Gasteiger charge is 2.28. The van der Waals surface area contributed by atoms with Gasteiger partial charge in [-0.05, 0) is 55.4 Å². The third-order valence-corrected chi connectivity index (χ3v) is 5.96. The molecule has 29 heavy (non-hydrogen) atoms. The van der Waals surface area contributed by atoms with Crippen LogP contribution in [0.25, 0.3) is 0 Å². The Kier molecular flexibility index (Phi) is 6.47. The number of likely N-dealkylation sites (tertiary alicyclic amines) is 1. The quantitative estimate of drug-likeness (QED) is 0.808. The monoisotopic (exact) mass is 395 g/mol. The number of carbonyl (C=O) groups excluding carboxylic acids is 1. The van der Waals surface area contributed by atoms with E-state index in [2.05, 4.69) is 0 Å². The van der Waals surface area contributed by atoms with E-state index in [1.165, 1.54) is 0 Å². The van der Waals surface area contributed by atoms with Crippen molar-refractivity contribution >= 4 is 5.91 Å². The van der Waals surface area contributed by atoms with Gasteiger partial charge in [-0.15, -0.1) is 0 Å². The lowest BCUT2D eigenvalue weighted by Crippen LogP contribution is -2.39. The molecule has 154 valence electrons. The summed E-state index contributed by atoms with van der Waals surface area (Å²) in [5, 5.41) is 10.6. The maximum atomic E-state index is 12.9. The average molecular weight is 395 g/mol. The molecule has 0 bridgehead atoms. The molecule has 0 radical (unpaired) electrons. The fraction of sp³-hybridized carbons (Fsp3) is 0.458. The standard InChI is InChI=1S/C24H29NO4/c26-23(18-6-2-1-3-7-18)19-11-13-25(14-12-19)24(27)20-8-4-9-21(16-20)29-17-22-10-5-15-28-22/h1-4,6-9,16,19,22-23,26H,5,10-15,17H2. The van der Waals surface area contributed by atoms with E-state index in [1.54, 1.807) is 0 Å². The van der Waals surface area contributed by atoms with Crippen LogP contribution in [0.15, 0.2) is 54.6 Å². The fourth-order valence-electron chi connectivity index (χ4n) is 4.21. The number of rotatable bonds is 6. The summed E-state index contributed by atoms with van der Waals surface area (Å²) in [5.74, 6) is 0.920. The zero-order valence-corrected chi connectivity index (χ0v) is 16.7. The second-order valence-electron chi connectivity index (χ2n) is 7.96. The van der Waals surface area contributed by atoms with Crippen LogP contribution in [0, 0.1) is 5.92 Å². The molecule has 1 amide bonds. The molecule has 2 heterocycles. The first-order valence-electron chi connectivity index (χ1n) is 10.6. The number of hydrogen-bond donors (Lipinski definition) is 1. The van der Waals surface area contributed by atoms with Crippen molar-refractivity contribution in [3.63, 3.8) is 0 Å². The number of hydrogen-bond acceptors (Lipinski definition) is 4. The van der Waals surface area contributed by atoms with Gasteiger partial charge in [-0.3, -0.25) is 4.79 Å². The molecular weight excluding hydrogens is 366 g/mol. The van der Waals surface area contributed by atoms with Crippen LogP contribution in [-0.2, 0) is 4.74 Å². The second kappa shape index (κ2) is 9.42. The van der Waals surface area contributed by atoms with Gasteiger partial charge < -0.3 is 19.5 Å². The third-order valence-electron chi connectivity index (χ3n) is 5.96. The smallest absolute Gasteiger partial charge is 0.253 e. The van der Waals surface area contributed by atoms with Crippen molar-refractivity contribution in [3.8, 4) is 5.75 Å². The molecule has 5 nitrogen and oxygen atoms in total. The summed E-state index contributed by atoms with van der Waals surface area (Å²) >= 11 is 0. The lowest BCUT2D eigenvalue weighted by molar-refractivity contribution is 0.0461. The van der Waals surface area contributed by atoms with Gasteiger partial charge >= 0.3 is 0 Å². The molecule has 2 aromatic rings. The summed E-state index contributed by atoms with van der Waals surface area (Å²) in [6.45, 7) is 2.66. The van der Waals surface area contributed by atoms with Crippen LogP contribution in [-0.4, -0.2) is 48.3 Å². The van der Waals surface area contributed by atoms with Gasteiger partial charge in [-0.25, -0.2) is 0 Å². The first kappa shape index (κ1) is 19.9. The highest BCUT2D eigenvalue weighted by Crippen LogP contribution is 2.31. The lowest BCUT2D eigenvalue weighted by atomic mass is 9.87. The average Bonchev–Trinajstić information content (AvgIpc) is 3.31. The number of nitrogens with zero attached hydrogens (tertiary/aromatic N) is 1. The number of amides is 1. The Morgan fingerprint density at radius 3 is 2.62 bits per heavy atom. The van der Waals surface area contributed by atoms with E-state index in [-0.39, 0.29) is 17.9 Å². The first-order valence-corrected chi connectivity index (χ1v) is 10.6. The van der Waals surface area contributed by atoms with Crippen LogP contribution in [0.4, 0.5) is 0 Å². The molecule has 0 spiro atoms. The minimum atomic E-state index is -0.469. The van der Waals surface area contributed by atoms with Crippen LogP contribution in [0.5, 0.6) is 5.75 Å². The van der Waals surface area contributed by atoms with Crippen molar-refractivity contribution in [3.05, 3.63) is 65.7 Å². The van der Waals surface area contributed by atoms with E-state index in [1.807, 2.05) is 59.5 Å². The van der Waals surface area contributed by atoms with E-state index in [9.17, 15) is 9.90 Å². The SMILES string of the molecule is O=C(c1cccc(OCC2CCCO2)c1)N1CCC(C(O)c2ccccc2)CC1. The van der Waals surface area contributed by atoms with E-state index in [0.29, 0.717) is 31.0 Å². The predicted octanol–water partition coefficient (Wildman–Crippen LogP) is 3.83. The molecule has 2 atom stereocenters. The number of carbonyl (C=O) groups is 1. The van der Waals surface area contributed by atoms with Gasteiger partial charge in [-0.2, -0.15) is 0 Å². The number of benzene rings is 2. The Bertz CT molecular complexity index is 796. The van der Waals surface area contributed by atoms with Crippen molar-refractivity contribution in [2.75, 3.05) is 26.3 Å². The summed E-state index contributed by atoms with van der Waals surface area (Å²) in [5.41, 5.74) is 1.60. The molecule has 2 saturated heterocycles. The Morgan fingerprint density at radius 1 is 1.10 bits per heavy atom. The Hall–Kier alpha value is -2.37. The highest BCUT2D eigenvalue weighted by atomic mass is 16.5. The number of aliphatic hydroxyl groups excluding tert-OH is 1. The molecular formula is C24H29NO4. The first-order chi connectivity index (χ1) is 14.2. The number of piperidine rings is 1.